The Balaban J connectivity index is 2.14. The summed E-state index contributed by atoms with van der Waals surface area (Å²) in [5.74, 6) is 0. The van der Waals surface area contributed by atoms with E-state index in [4.69, 9.17) is 11.6 Å². The molecule has 1 aromatic carbocycles. The molecule has 0 radical (unpaired) electrons. The highest BCUT2D eigenvalue weighted by atomic mass is 35.5. The van der Waals surface area contributed by atoms with E-state index in [0.29, 0.717) is 5.02 Å². The molecule has 0 aliphatic rings. The molecule has 2 N–H and O–H groups in total. The lowest BCUT2D eigenvalue weighted by Gasteiger charge is -2.05. The Labute approximate surface area is 104 Å². The van der Waals surface area contributed by atoms with Crippen molar-refractivity contribution in [3.8, 4) is 0 Å². The molecule has 2 rings (SSSR count). The Morgan fingerprint density at radius 3 is 2.88 bits per heavy atom. The van der Waals surface area contributed by atoms with E-state index < -0.39 is 10.0 Å². The van der Waals surface area contributed by atoms with Crippen LogP contribution in [0.2, 0.25) is 5.02 Å². The maximum Gasteiger partial charge on any atom is 0.240 e. The minimum absolute atomic E-state index is 0.147. The SMILES string of the molecule is O=S(=O)(NCc1cn[nH]c1)c1cccc(Cl)c1. The molecule has 2 aromatic rings. The minimum Gasteiger partial charge on any atom is -0.285 e. The van der Waals surface area contributed by atoms with Crippen molar-refractivity contribution in [2.75, 3.05) is 0 Å². The van der Waals surface area contributed by atoms with E-state index in [9.17, 15) is 8.42 Å². The maximum absolute atomic E-state index is 11.9. The molecule has 0 fully saturated rings. The zero-order chi connectivity index (χ0) is 12.3. The molecule has 0 atom stereocenters. The third-order valence-corrected chi connectivity index (χ3v) is 3.76. The summed E-state index contributed by atoms with van der Waals surface area (Å²) in [5.41, 5.74) is 0.760. The molecular weight excluding hydrogens is 262 g/mol. The van der Waals surface area contributed by atoms with Gasteiger partial charge in [0.1, 0.15) is 0 Å². The van der Waals surface area contributed by atoms with Crippen molar-refractivity contribution in [2.45, 2.75) is 11.4 Å². The highest BCUT2D eigenvalue weighted by Crippen LogP contribution is 2.15. The smallest absolute Gasteiger partial charge is 0.240 e. The van der Waals surface area contributed by atoms with E-state index >= 15 is 0 Å². The van der Waals surface area contributed by atoms with E-state index in [1.165, 1.54) is 12.1 Å². The Hall–Kier alpha value is -1.37. The number of benzene rings is 1. The van der Waals surface area contributed by atoms with Crippen LogP contribution in [0.3, 0.4) is 0 Å². The molecule has 0 aliphatic carbocycles. The van der Waals surface area contributed by atoms with E-state index in [1.54, 1.807) is 24.5 Å². The largest absolute Gasteiger partial charge is 0.285 e. The highest BCUT2D eigenvalue weighted by Gasteiger charge is 2.13. The molecule has 0 spiro atoms. The molecule has 0 saturated heterocycles. The summed E-state index contributed by atoms with van der Waals surface area (Å²) in [6, 6.07) is 6.11. The fourth-order valence-corrected chi connectivity index (χ4v) is 2.59. The van der Waals surface area contributed by atoms with Crippen molar-refractivity contribution < 1.29 is 8.42 Å². The first-order valence-electron chi connectivity index (χ1n) is 4.81. The third-order valence-electron chi connectivity index (χ3n) is 2.13. The Morgan fingerprint density at radius 2 is 2.24 bits per heavy atom. The molecule has 0 bridgehead atoms. The van der Waals surface area contributed by atoms with Crippen LogP contribution in [-0.4, -0.2) is 18.6 Å². The summed E-state index contributed by atoms with van der Waals surface area (Å²) in [7, 11) is -3.53. The molecule has 0 aliphatic heterocycles. The van der Waals surface area contributed by atoms with Crippen LogP contribution in [0.4, 0.5) is 0 Å². The lowest BCUT2D eigenvalue weighted by molar-refractivity contribution is 0.581. The molecule has 5 nitrogen and oxygen atoms in total. The van der Waals surface area contributed by atoms with Gasteiger partial charge in [0.25, 0.3) is 0 Å². The lowest BCUT2D eigenvalue weighted by atomic mass is 10.4. The number of nitrogens with zero attached hydrogens (tertiary/aromatic N) is 1. The van der Waals surface area contributed by atoms with Crippen LogP contribution in [0.5, 0.6) is 0 Å². The number of hydrogen-bond donors (Lipinski definition) is 2. The quantitative estimate of drug-likeness (QED) is 0.886. The van der Waals surface area contributed by atoms with Crippen molar-refractivity contribution >= 4 is 21.6 Å². The summed E-state index contributed by atoms with van der Waals surface area (Å²) in [5, 5.41) is 6.72. The van der Waals surface area contributed by atoms with E-state index in [-0.39, 0.29) is 11.4 Å². The van der Waals surface area contributed by atoms with Gasteiger partial charge in [-0.05, 0) is 18.2 Å². The average Bonchev–Trinajstić information content (AvgIpc) is 2.79. The molecule has 0 unspecified atom stereocenters. The van der Waals surface area contributed by atoms with Gasteiger partial charge in [-0.1, -0.05) is 17.7 Å². The van der Waals surface area contributed by atoms with Crippen molar-refractivity contribution in [3.05, 3.63) is 47.2 Å². The first-order valence-corrected chi connectivity index (χ1v) is 6.67. The molecule has 0 amide bonds. The molecule has 0 saturated carbocycles. The molecular formula is C10H10ClN3O2S. The summed E-state index contributed by atoms with van der Waals surface area (Å²) in [6.07, 6.45) is 3.18. The summed E-state index contributed by atoms with van der Waals surface area (Å²) >= 11 is 5.74. The second-order valence-electron chi connectivity index (χ2n) is 3.39. The molecule has 1 aromatic heterocycles. The first-order chi connectivity index (χ1) is 8.08. The van der Waals surface area contributed by atoms with Gasteiger partial charge in [0.2, 0.25) is 10.0 Å². The van der Waals surface area contributed by atoms with Crippen molar-refractivity contribution in [1.29, 1.82) is 0 Å². The van der Waals surface area contributed by atoms with Gasteiger partial charge in [-0.3, -0.25) is 5.10 Å². The minimum atomic E-state index is -3.53. The van der Waals surface area contributed by atoms with E-state index in [0.717, 1.165) is 5.56 Å². The number of H-pyrrole nitrogens is 1. The Kier molecular flexibility index (Phi) is 3.46. The van der Waals surface area contributed by atoms with Gasteiger partial charge in [0.15, 0.2) is 0 Å². The second-order valence-corrected chi connectivity index (χ2v) is 5.59. The lowest BCUT2D eigenvalue weighted by Crippen LogP contribution is -2.22. The zero-order valence-electron chi connectivity index (χ0n) is 8.72. The standard InChI is InChI=1S/C10H10ClN3O2S/c11-9-2-1-3-10(4-9)17(15,16)14-7-8-5-12-13-6-8/h1-6,14H,7H2,(H,12,13). The number of halogens is 1. The third kappa shape index (κ3) is 3.06. The molecule has 17 heavy (non-hydrogen) atoms. The van der Waals surface area contributed by atoms with Crippen molar-refractivity contribution in [2.24, 2.45) is 0 Å². The molecule has 7 heteroatoms. The fraction of sp³-hybridized carbons (Fsp3) is 0.100. The van der Waals surface area contributed by atoms with Crippen LogP contribution in [0, 0.1) is 0 Å². The summed E-state index contributed by atoms with van der Waals surface area (Å²) < 4.78 is 26.2. The Morgan fingerprint density at radius 1 is 1.41 bits per heavy atom. The summed E-state index contributed by atoms with van der Waals surface area (Å²) in [6.45, 7) is 0.186. The van der Waals surface area contributed by atoms with Gasteiger partial charge in [-0.15, -0.1) is 0 Å². The van der Waals surface area contributed by atoms with Crippen LogP contribution in [0.1, 0.15) is 5.56 Å². The van der Waals surface area contributed by atoms with Crippen molar-refractivity contribution in [1.82, 2.24) is 14.9 Å². The van der Waals surface area contributed by atoms with Gasteiger partial charge in [-0.2, -0.15) is 5.10 Å². The van der Waals surface area contributed by atoms with E-state index in [1.807, 2.05) is 0 Å². The van der Waals surface area contributed by atoms with Gasteiger partial charge >= 0.3 is 0 Å². The predicted octanol–water partition coefficient (Wildman–Crippen LogP) is 1.54. The predicted molar refractivity (Wildman–Crippen MR) is 64.1 cm³/mol. The van der Waals surface area contributed by atoms with Crippen LogP contribution in [-0.2, 0) is 16.6 Å². The average molecular weight is 272 g/mol. The van der Waals surface area contributed by atoms with Crippen LogP contribution >= 0.6 is 11.6 Å². The monoisotopic (exact) mass is 271 g/mol. The number of hydrogen-bond acceptors (Lipinski definition) is 3. The fourth-order valence-electron chi connectivity index (χ4n) is 1.27. The molecule has 1 heterocycles. The maximum atomic E-state index is 11.9. The Bertz CT molecular complexity index is 596. The number of aromatic nitrogens is 2. The van der Waals surface area contributed by atoms with Gasteiger partial charge in [0.05, 0.1) is 11.1 Å². The second kappa shape index (κ2) is 4.87. The van der Waals surface area contributed by atoms with Crippen LogP contribution in [0.25, 0.3) is 0 Å². The number of rotatable bonds is 4. The normalized spacial score (nSPS) is 11.6. The number of nitrogens with one attached hydrogen (secondary N) is 2. The molecule has 90 valence electrons. The summed E-state index contributed by atoms with van der Waals surface area (Å²) in [4.78, 5) is 0.147. The number of sulfonamides is 1. The van der Waals surface area contributed by atoms with Gasteiger partial charge in [-0.25, -0.2) is 13.1 Å². The highest BCUT2D eigenvalue weighted by molar-refractivity contribution is 7.89. The van der Waals surface area contributed by atoms with Gasteiger partial charge < -0.3 is 0 Å². The van der Waals surface area contributed by atoms with Gasteiger partial charge in [0, 0.05) is 23.3 Å². The van der Waals surface area contributed by atoms with Crippen LogP contribution in [0.15, 0.2) is 41.6 Å². The van der Waals surface area contributed by atoms with Crippen molar-refractivity contribution in [3.63, 3.8) is 0 Å². The van der Waals surface area contributed by atoms with Crippen LogP contribution < -0.4 is 4.72 Å². The first kappa shape index (κ1) is 12.1. The number of aromatic amines is 1. The topological polar surface area (TPSA) is 74.8 Å². The zero-order valence-corrected chi connectivity index (χ0v) is 10.3. The van der Waals surface area contributed by atoms with E-state index in [2.05, 4.69) is 14.9 Å².